The van der Waals surface area contributed by atoms with Crippen LogP contribution in [0.5, 0.6) is 17.2 Å². The van der Waals surface area contributed by atoms with Crippen molar-refractivity contribution >= 4 is 5.91 Å². The fourth-order valence-corrected chi connectivity index (χ4v) is 3.07. The quantitative estimate of drug-likeness (QED) is 0.676. The van der Waals surface area contributed by atoms with Gasteiger partial charge in [0.15, 0.2) is 17.6 Å². The second-order valence-corrected chi connectivity index (χ2v) is 8.12. The Morgan fingerprint density at radius 3 is 2.14 bits per heavy atom. The van der Waals surface area contributed by atoms with E-state index in [0.717, 1.165) is 12.0 Å². The zero-order valence-electron chi connectivity index (χ0n) is 18.5. The van der Waals surface area contributed by atoms with Crippen molar-refractivity contribution in [3.8, 4) is 17.2 Å². The number of benzene rings is 2. The van der Waals surface area contributed by atoms with Crippen LogP contribution < -0.4 is 19.5 Å². The first-order chi connectivity index (χ1) is 13.7. The van der Waals surface area contributed by atoms with Crippen molar-refractivity contribution < 1.29 is 19.0 Å². The van der Waals surface area contributed by atoms with Gasteiger partial charge in [-0.3, -0.25) is 4.79 Å². The van der Waals surface area contributed by atoms with E-state index in [0.29, 0.717) is 17.2 Å². The van der Waals surface area contributed by atoms with Gasteiger partial charge in [0.1, 0.15) is 5.75 Å². The SMILES string of the molecule is CCC(NC(=O)C(C)Oc1ccc(C(C)(C)C)cc1)c1ccc(OC)c(OC)c1. The van der Waals surface area contributed by atoms with Crippen LogP contribution in [0.25, 0.3) is 0 Å². The third kappa shape index (κ3) is 5.89. The molecule has 2 atom stereocenters. The molecule has 0 aromatic heterocycles. The van der Waals surface area contributed by atoms with Gasteiger partial charge in [-0.15, -0.1) is 0 Å². The van der Waals surface area contributed by atoms with Crippen LogP contribution in [-0.2, 0) is 10.2 Å². The smallest absolute Gasteiger partial charge is 0.261 e. The lowest BCUT2D eigenvalue weighted by molar-refractivity contribution is -0.128. The second-order valence-electron chi connectivity index (χ2n) is 8.12. The summed E-state index contributed by atoms with van der Waals surface area (Å²) in [4.78, 5) is 12.7. The van der Waals surface area contributed by atoms with Crippen molar-refractivity contribution in [2.45, 2.75) is 58.6 Å². The lowest BCUT2D eigenvalue weighted by Crippen LogP contribution is -2.38. The Morgan fingerprint density at radius 1 is 1.00 bits per heavy atom. The largest absolute Gasteiger partial charge is 0.493 e. The Bertz CT molecular complexity index is 809. The molecule has 0 fully saturated rings. The number of ether oxygens (including phenoxy) is 3. The monoisotopic (exact) mass is 399 g/mol. The van der Waals surface area contributed by atoms with E-state index < -0.39 is 6.10 Å². The van der Waals surface area contributed by atoms with Crippen molar-refractivity contribution in [2.24, 2.45) is 0 Å². The van der Waals surface area contributed by atoms with E-state index in [2.05, 4.69) is 26.1 Å². The van der Waals surface area contributed by atoms with Crippen LogP contribution in [0, 0.1) is 0 Å². The molecule has 0 saturated heterocycles. The van der Waals surface area contributed by atoms with E-state index >= 15 is 0 Å². The molecule has 0 aliphatic carbocycles. The predicted molar refractivity (Wildman–Crippen MR) is 116 cm³/mol. The van der Waals surface area contributed by atoms with Crippen LogP contribution >= 0.6 is 0 Å². The molecule has 2 rings (SSSR count). The van der Waals surface area contributed by atoms with Crippen molar-refractivity contribution in [3.63, 3.8) is 0 Å². The first-order valence-electron chi connectivity index (χ1n) is 9.99. The van der Waals surface area contributed by atoms with E-state index in [1.807, 2.05) is 49.4 Å². The molecule has 1 amide bonds. The predicted octanol–water partition coefficient (Wildman–Crippen LogP) is 5.04. The fraction of sp³-hybridized carbons (Fsp3) is 0.458. The molecule has 0 saturated carbocycles. The molecular weight excluding hydrogens is 366 g/mol. The molecule has 2 aromatic carbocycles. The summed E-state index contributed by atoms with van der Waals surface area (Å²) < 4.78 is 16.5. The van der Waals surface area contributed by atoms with Crippen molar-refractivity contribution in [1.29, 1.82) is 0 Å². The highest BCUT2D eigenvalue weighted by molar-refractivity contribution is 5.81. The molecule has 29 heavy (non-hydrogen) atoms. The molecule has 0 radical (unpaired) electrons. The summed E-state index contributed by atoms with van der Waals surface area (Å²) in [5.74, 6) is 1.82. The number of hydrogen-bond acceptors (Lipinski definition) is 4. The molecule has 158 valence electrons. The van der Waals surface area contributed by atoms with Crippen LogP contribution in [0.1, 0.15) is 58.2 Å². The highest BCUT2D eigenvalue weighted by atomic mass is 16.5. The van der Waals surface area contributed by atoms with Crippen LogP contribution in [-0.4, -0.2) is 26.2 Å². The molecule has 5 heteroatoms. The molecule has 2 aromatic rings. The van der Waals surface area contributed by atoms with Gasteiger partial charge in [-0.2, -0.15) is 0 Å². The Hall–Kier alpha value is -2.69. The maximum Gasteiger partial charge on any atom is 0.261 e. The maximum absolute atomic E-state index is 12.7. The zero-order chi connectivity index (χ0) is 21.6. The molecular formula is C24H33NO4. The van der Waals surface area contributed by atoms with Crippen molar-refractivity contribution in [2.75, 3.05) is 14.2 Å². The summed E-state index contributed by atoms with van der Waals surface area (Å²) in [5.41, 5.74) is 2.26. The molecule has 0 aliphatic rings. The van der Waals surface area contributed by atoms with E-state index in [-0.39, 0.29) is 17.4 Å². The molecule has 0 heterocycles. The third-order valence-electron chi connectivity index (χ3n) is 4.94. The molecule has 0 bridgehead atoms. The lowest BCUT2D eigenvalue weighted by Gasteiger charge is -2.22. The van der Waals surface area contributed by atoms with E-state index in [4.69, 9.17) is 14.2 Å². The van der Waals surface area contributed by atoms with Crippen LogP contribution in [0.4, 0.5) is 0 Å². The number of methoxy groups -OCH3 is 2. The summed E-state index contributed by atoms with van der Waals surface area (Å²) in [6.45, 7) is 10.3. The summed E-state index contributed by atoms with van der Waals surface area (Å²) in [6.07, 6.45) is 0.137. The topological polar surface area (TPSA) is 56.8 Å². The Balaban J connectivity index is 2.05. The van der Waals surface area contributed by atoms with Gasteiger partial charge in [0, 0.05) is 0 Å². The number of rotatable bonds is 8. The number of amides is 1. The zero-order valence-corrected chi connectivity index (χ0v) is 18.5. The lowest BCUT2D eigenvalue weighted by atomic mass is 9.87. The minimum atomic E-state index is -0.607. The van der Waals surface area contributed by atoms with Gasteiger partial charge in [-0.1, -0.05) is 45.9 Å². The number of nitrogens with one attached hydrogen (secondary N) is 1. The van der Waals surface area contributed by atoms with E-state index in [1.54, 1.807) is 21.1 Å². The average molecular weight is 400 g/mol. The summed E-state index contributed by atoms with van der Waals surface area (Å²) in [7, 11) is 3.20. The van der Waals surface area contributed by atoms with Gasteiger partial charge in [-0.05, 0) is 54.2 Å². The molecule has 5 nitrogen and oxygen atoms in total. The molecule has 2 unspecified atom stereocenters. The Kier molecular flexibility index (Phi) is 7.54. The Labute approximate surface area is 174 Å². The van der Waals surface area contributed by atoms with Gasteiger partial charge >= 0.3 is 0 Å². The summed E-state index contributed by atoms with van der Waals surface area (Å²) in [6, 6.07) is 13.4. The van der Waals surface area contributed by atoms with Gasteiger partial charge in [-0.25, -0.2) is 0 Å². The number of carbonyl (C=O) groups is 1. The van der Waals surface area contributed by atoms with Crippen LogP contribution in [0.3, 0.4) is 0 Å². The maximum atomic E-state index is 12.7. The van der Waals surface area contributed by atoms with E-state index in [9.17, 15) is 4.79 Å². The standard InChI is InChI=1S/C24H33NO4/c1-8-20(17-9-14-21(27-6)22(15-17)28-7)25-23(26)16(2)29-19-12-10-18(11-13-19)24(3,4)5/h9-16,20H,8H2,1-7H3,(H,25,26). The van der Waals surface area contributed by atoms with Crippen molar-refractivity contribution in [1.82, 2.24) is 5.32 Å². The van der Waals surface area contributed by atoms with Crippen molar-refractivity contribution in [3.05, 3.63) is 53.6 Å². The second kappa shape index (κ2) is 9.68. The van der Waals surface area contributed by atoms with Gasteiger partial charge in [0.05, 0.1) is 20.3 Å². The Morgan fingerprint density at radius 2 is 1.62 bits per heavy atom. The minimum absolute atomic E-state index is 0.0787. The first kappa shape index (κ1) is 22.6. The van der Waals surface area contributed by atoms with Gasteiger partial charge in [0.25, 0.3) is 5.91 Å². The van der Waals surface area contributed by atoms with Gasteiger partial charge < -0.3 is 19.5 Å². The first-order valence-corrected chi connectivity index (χ1v) is 9.99. The molecule has 0 spiro atoms. The molecule has 1 N–H and O–H groups in total. The van der Waals surface area contributed by atoms with Gasteiger partial charge in [0.2, 0.25) is 0 Å². The van der Waals surface area contributed by atoms with E-state index in [1.165, 1.54) is 5.56 Å². The highest BCUT2D eigenvalue weighted by Crippen LogP contribution is 2.31. The summed E-state index contributed by atoms with van der Waals surface area (Å²) in [5, 5.41) is 3.07. The summed E-state index contributed by atoms with van der Waals surface area (Å²) >= 11 is 0. The number of hydrogen-bond donors (Lipinski definition) is 1. The highest BCUT2D eigenvalue weighted by Gasteiger charge is 2.21. The molecule has 0 aliphatic heterocycles. The van der Waals surface area contributed by atoms with Crippen LogP contribution in [0.2, 0.25) is 0 Å². The average Bonchev–Trinajstić information content (AvgIpc) is 2.70. The fourth-order valence-electron chi connectivity index (χ4n) is 3.07. The van der Waals surface area contributed by atoms with Crippen LogP contribution in [0.15, 0.2) is 42.5 Å². The normalized spacial score (nSPS) is 13.3. The minimum Gasteiger partial charge on any atom is -0.493 e. The number of carbonyl (C=O) groups excluding carboxylic acids is 1. The third-order valence-corrected chi connectivity index (χ3v) is 4.94.